The third-order valence-corrected chi connectivity index (χ3v) is 14.0. The Balaban J connectivity index is 4.52. The van der Waals surface area contributed by atoms with Gasteiger partial charge < -0.3 is 14.2 Å². The van der Waals surface area contributed by atoms with E-state index in [1.807, 2.05) is 0 Å². The topological polar surface area (TPSA) is 78.9 Å². The van der Waals surface area contributed by atoms with Crippen molar-refractivity contribution in [2.45, 2.75) is 297 Å². The third kappa shape index (κ3) is 67.7. The van der Waals surface area contributed by atoms with Crippen molar-refractivity contribution in [3.8, 4) is 0 Å². The quantitative estimate of drug-likeness (QED) is 0.0261. The van der Waals surface area contributed by atoms with Crippen molar-refractivity contribution in [3.63, 3.8) is 0 Å². The number of rotatable bonds is 60. The summed E-state index contributed by atoms with van der Waals surface area (Å²) >= 11 is 0. The predicted molar refractivity (Wildman–Crippen MR) is 362 cm³/mol. The first-order valence-electron chi connectivity index (χ1n) is 34.0. The van der Waals surface area contributed by atoms with Gasteiger partial charge in [-0.2, -0.15) is 0 Å². The molecule has 0 heterocycles. The van der Waals surface area contributed by atoms with Crippen molar-refractivity contribution in [2.24, 2.45) is 0 Å². The fraction of sp³-hybridized carbons (Fsp3) is 0.623. The number of unbranched alkanes of at least 4 members (excludes halogenated alkanes) is 23. The number of ether oxygens (including phenoxy) is 3. The number of hydrogen-bond donors (Lipinski definition) is 0. The summed E-state index contributed by atoms with van der Waals surface area (Å²) in [7, 11) is 0. The highest BCUT2D eigenvalue weighted by Crippen LogP contribution is 2.16. The lowest BCUT2D eigenvalue weighted by molar-refractivity contribution is -0.167. The van der Waals surface area contributed by atoms with Gasteiger partial charge in [0.1, 0.15) is 13.2 Å². The second-order valence-electron chi connectivity index (χ2n) is 22.0. The zero-order valence-electron chi connectivity index (χ0n) is 53.7. The van der Waals surface area contributed by atoms with Gasteiger partial charge in [0, 0.05) is 19.3 Å². The molecule has 0 saturated carbocycles. The van der Waals surface area contributed by atoms with Crippen LogP contribution < -0.4 is 0 Å². The first-order valence-corrected chi connectivity index (χ1v) is 34.0. The molecule has 0 aromatic rings. The smallest absolute Gasteiger partial charge is 0.306 e. The van der Waals surface area contributed by atoms with E-state index in [9.17, 15) is 14.4 Å². The normalized spacial score (nSPS) is 13.1. The van der Waals surface area contributed by atoms with Gasteiger partial charge in [0.25, 0.3) is 0 Å². The van der Waals surface area contributed by atoms with Crippen molar-refractivity contribution in [3.05, 3.63) is 158 Å². The van der Waals surface area contributed by atoms with Crippen LogP contribution in [0.5, 0.6) is 0 Å². The van der Waals surface area contributed by atoms with E-state index in [-0.39, 0.29) is 44.0 Å². The average molecular weight is 1150 g/mol. The Kier molecular flexibility index (Phi) is 65.4. The molecule has 0 radical (unpaired) electrons. The molecule has 0 amide bonds. The molecule has 0 bridgehead atoms. The Labute approximate surface area is 511 Å². The van der Waals surface area contributed by atoms with Gasteiger partial charge in [0.15, 0.2) is 6.10 Å². The molecule has 0 fully saturated rings. The van der Waals surface area contributed by atoms with Crippen LogP contribution >= 0.6 is 0 Å². The summed E-state index contributed by atoms with van der Waals surface area (Å²) in [6.45, 7) is 6.37. The van der Waals surface area contributed by atoms with E-state index in [0.717, 1.165) is 135 Å². The van der Waals surface area contributed by atoms with Gasteiger partial charge in [0.2, 0.25) is 0 Å². The largest absolute Gasteiger partial charge is 0.462 e. The van der Waals surface area contributed by atoms with Crippen LogP contribution in [0.25, 0.3) is 0 Å². The standard InChI is InChI=1S/C77H124O6/c1-4-7-10-13-16-19-22-25-28-31-34-35-36-37-38-39-40-41-44-46-49-52-55-58-61-64-67-70-76(79)82-73-74(83-77(80)71-68-65-62-59-56-53-50-47-43-33-30-27-24-21-18-15-12-9-6-3)72-81-75(78)69-66-63-60-57-54-51-48-45-42-32-29-26-23-20-17-14-11-8-5-2/h7,9-10,12,16,18-19,21,25,27-28,30,34-35,37-38,40-41,43,46-47,49,53,55-56,58,74H,4-6,8,11,13-15,17,20,22-24,26,29,31-33,36,39,42,44-45,48,50-52,54,57,59-73H2,1-3H3/b10-7-,12-9-,19-16-,21-18-,28-25-,30-27-,35-34-,38-37-,41-40-,47-43-,49-46-,56-53-,58-55-. The molecule has 83 heavy (non-hydrogen) atoms. The van der Waals surface area contributed by atoms with Gasteiger partial charge in [-0.3, -0.25) is 14.4 Å². The van der Waals surface area contributed by atoms with E-state index >= 15 is 0 Å². The lowest BCUT2D eigenvalue weighted by atomic mass is 10.0. The minimum Gasteiger partial charge on any atom is -0.462 e. The first-order chi connectivity index (χ1) is 41.0. The minimum absolute atomic E-state index is 0.109. The second-order valence-corrected chi connectivity index (χ2v) is 22.0. The Morgan fingerprint density at radius 1 is 0.253 bits per heavy atom. The lowest BCUT2D eigenvalue weighted by Gasteiger charge is -2.18. The molecule has 1 atom stereocenters. The lowest BCUT2D eigenvalue weighted by Crippen LogP contribution is -2.30. The molecule has 6 heteroatoms. The minimum atomic E-state index is -0.822. The van der Waals surface area contributed by atoms with Crippen molar-refractivity contribution in [1.82, 2.24) is 0 Å². The van der Waals surface area contributed by atoms with Gasteiger partial charge in [-0.25, -0.2) is 0 Å². The summed E-state index contributed by atoms with van der Waals surface area (Å²) in [5.41, 5.74) is 0. The number of carbonyl (C=O) groups is 3. The zero-order chi connectivity index (χ0) is 59.9. The fourth-order valence-corrected chi connectivity index (χ4v) is 9.01. The SMILES string of the molecule is CC/C=C\C/C=C\C/C=C\C/C=C\C/C=C\C/C=C\C/C=C\C/C=C\CCCCC(=O)OCC(COC(=O)CCCCCCCCCCCCCCCCCCCCC)OC(=O)CCCCC/C=C\C/C=C\C/C=C\C/C=C\C/C=C\CC. The molecule has 0 aromatic carbocycles. The highest BCUT2D eigenvalue weighted by atomic mass is 16.6. The van der Waals surface area contributed by atoms with Gasteiger partial charge in [-0.15, -0.1) is 0 Å². The second kappa shape index (κ2) is 69.5. The number of carbonyl (C=O) groups excluding carboxylic acids is 3. The van der Waals surface area contributed by atoms with E-state index in [2.05, 4.69) is 179 Å². The number of allylic oxidation sites excluding steroid dienone is 26. The summed E-state index contributed by atoms with van der Waals surface area (Å²) in [6.07, 6.45) is 101. The first kappa shape index (κ1) is 78.0. The average Bonchev–Trinajstić information content (AvgIpc) is 3.50. The molecule has 1 unspecified atom stereocenters. The van der Waals surface area contributed by atoms with E-state index < -0.39 is 6.10 Å². The summed E-state index contributed by atoms with van der Waals surface area (Å²) in [6, 6.07) is 0. The summed E-state index contributed by atoms with van der Waals surface area (Å²) < 4.78 is 16.9. The van der Waals surface area contributed by atoms with Gasteiger partial charge in [-0.1, -0.05) is 301 Å². The third-order valence-electron chi connectivity index (χ3n) is 14.0. The van der Waals surface area contributed by atoms with Crippen LogP contribution in [-0.2, 0) is 28.6 Å². The maximum absolute atomic E-state index is 12.9. The van der Waals surface area contributed by atoms with Gasteiger partial charge in [0.05, 0.1) is 0 Å². The van der Waals surface area contributed by atoms with Crippen molar-refractivity contribution in [2.75, 3.05) is 13.2 Å². The molecule has 0 aliphatic carbocycles. The van der Waals surface area contributed by atoms with Crippen LogP contribution in [-0.4, -0.2) is 37.2 Å². The molecule has 0 aliphatic rings. The highest BCUT2D eigenvalue weighted by molar-refractivity contribution is 5.71. The Morgan fingerprint density at radius 3 is 0.759 bits per heavy atom. The van der Waals surface area contributed by atoms with Crippen LogP contribution in [0.3, 0.4) is 0 Å². The van der Waals surface area contributed by atoms with Crippen LogP contribution in [0.15, 0.2) is 158 Å². The van der Waals surface area contributed by atoms with Crippen LogP contribution in [0, 0.1) is 0 Å². The molecule has 0 spiro atoms. The van der Waals surface area contributed by atoms with Crippen molar-refractivity contribution in [1.29, 1.82) is 0 Å². The fourth-order valence-electron chi connectivity index (χ4n) is 9.01. The Hall–Kier alpha value is -4.97. The Bertz CT molecular complexity index is 1840. The number of hydrogen-bond acceptors (Lipinski definition) is 6. The molecule has 468 valence electrons. The molecular formula is C77H124O6. The molecule has 0 aromatic heterocycles. The van der Waals surface area contributed by atoms with E-state index in [0.29, 0.717) is 19.3 Å². The predicted octanol–water partition coefficient (Wildman–Crippen LogP) is 23.7. The maximum Gasteiger partial charge on any atom is 0.306 e. The van der Waals surface area contributed by atoms with Gasteiger partial charge >= 0.3 is 17.9 Å². The maximum atomic E-state index is 12.9. The summed E-state index contributed by atoms with van der Waals surface area (Å²) in [5, 5.41) is 0. The molecular weight excluding hydrogens is 1020 g/mol. The van der Waals surface area contributed by atoms with E-state index in [1.165, 1.54) is 103 Å². The summed E-state index contributed by atoms with van der Waals surface area (Å²) in [5.74, 6) is -0.984. The monoisotopic (exact) mass is 1140 g/mol. The van der Waals surface area contributed by atoms with E-state index in [4.69, 9.17) is 14.2 Å². The van der Waals surface area contributed by atoms with Crippen molar-refractivity contribution >= 4 is 17.9 Å². The molecule has 0 saturated heterocycles. The van der Waals surface area contributed by atoms with Crippen molar-refractivity contribution < 1.29 is 28.6 Å². The zero-order valence-corrected chi connectivity index (χ0v) is 53.7. The van der Waals surface area contributed by atoms with E-state index in [1.54, 1.807) is 0 Å². The highest BCUT2D eigenvalue weighted by Gasteiger charge is 2.19. The van der Waals surface area contributed by atoms with Crippen LogP contribution in [0.4, 0.5) is 0 Å². The van der Waals surface area contributed by atoms with Crippen LogP contribution in [0.2, 0.25) is 0 Å². The molecule has 0 N–H and O–H groups in total. The Morgan fingerprint density at radius 2 is 0.470 bits per heavy atom. The van der Waals surface area contributed by atoms with Crippen LogP contribution in [0.1, 0.15) is 290 Å². The number of esters is 3. The molecule has 0 aliphatic heterocycles. The molecule has 6 nitrogen and oxygen atoms in total. The molecule has 0 rings (SSSR count). The van der Waals surface area contributed by atoms with Gasteiger partial charge in [-0.05, 0) is 128 Å². The summed E-state index contributed by atoms with van der Waals surface area (Å²) in [4.78, 5) is 38.4.